The third-order valence-electron chi connectivity index (χ3n) is 1.87. The summed E-state index contributed by atoms with van der Waals surface area (Å²) in [6.45, 7) is -0.395. The van der Waals surface area contributed by atoms with Crippen LogP contribution >= 0.6 is 11.8 Å². The second-order valence-electron chi connectivity index (χ2n) is 3.02. The van der Waals surface area contributed by atoms with Gasteiger partial charge in [-0.2, -0.15) is 5.84 Å². The summed E-state index contributed by atoms with van der Waals surface area (Å²) in [7, 11) is 1.54. The van der Waals surface area contributed by atoms with Crippen molar-refractivity contribution in [2.24, 2.45) is 5.84 Å². The molecule has 0 spiro atoms. The monoisotopic (exact) mass is 231 g/mol. The minimum absolute atomic E-state index is 0.395. The average Bonchev–Trinajstić information content (AvgIpc) is 2.16. The van der Waals surface area contributed by atoms with E-state index < -0.39 is 16.6 Å². The largest absolute Gasteiger partial charge is 0.497 e. The number of carboxylic acid groups (broad SMARTS) is 1. The van der Waals surface area contributed by atoms with Crippen LogP contribution in [-0.4, -0.2) is 24.7 Å². The van der Waals surface area contributed by atoms with E-state index in [1.54, 1.807) is 24.3 Å². The van der Waals surface area contributed by atoms with Gasteiger partial charge in [0.1, 0.15) is 5.75 Å². The Labute approximate surface area is 92.3 Å². The first kappa shape index (κ1) is 11.8. The number of hydrogen-bond donors (Lipinski definition) is 2. The lowest BCUT2D eigenvalue weighted by Gasteiger charge is -2.19. The van der Waals surface area contributed by atoms with Gasteiger partial charge >= 0.3 is 5.97 Å². The molecular formula is C9H12ClN2O3+. The lowest BCUT2D eigenvalue weighted by molar-refractivity contribution is -0.137. The van der Waals surface area contributed by atoms with E-state index in [1.165, 1.54) is 7.11 Å². The summed E-state index contributed by atoms with van der Waals surface area (Å²) < 4.78 is 4.25. The smallest absolute Gasteiger partial charge is 0.363 e. The molecule has 0 saturated heterocycles. The first-order valence-electron chi connectivity index (χ1n) is 4.18. The normalized spacial score (nSPS) is 14.3. The molecule has 0 amide bonds. The first-order valence-corrected chi connectivity index (χ1v) is 4.52. The molecule has 1 rings (SSSR count). The van der Waals surface area contributed by atoms with Gasteiger partial charge in [-0.15, -0.1) is 4.11 Å². The van der Waals surface area contributed by atoms with Gasteiger partial charge in [0.05, 0.1) is 7.11 Å². The molecule has 0 saturated carbocycles. The molecule has 0 aromatic heterocycles. The molecule has 1 unspecified atom stereocenters. The maximum absolute atomic E-state index is 10.5. The van der Waals surface area contributed by atoms with Crippen molar-refractivity contribution in [3.8, 4) is 5.75 Å². The Bertz CT molecular complexity index is 351. The zero-order valence-corrected chi connectivity index (χ0v) is 8.94. The van der Waals surface area contributed by atoms with E-state index in [1.807, 2.05) is 0 Å². The van der Waals surface area contributed by atoms with Gasteiger partial charge in [-0.3, -0.25) is 0 Å². The number of carbonyl (C=O) groups is 1. The van der Waals surface area contributed by atoms with Crippen LogP contribution in [0.2, 0.25) is 0 Å². The number of ether oxygens (including phenoxy) is 1. The fourth-order valence-corrected chi connectivity index (χ4v) is 1.33. The molecule has 15 heavy (non-hydrogen) atoms. The molecule has 6 heteroatoms. The van der Waals surface area contributed by atoms with Crippen molar-refractivity contribution in [3.05, 3.63) is 24.3 Å². The average molecular weight is 232 g/mol. The summed E-state index contributed by atoms with van der Waals surface area (Å²) in [5.74, 6) is 5.20. The van der Waals surface area contributed by atoms with Gasteiger partial charge in [-0.1, -0.05) is 0 Å². The number of nitrogens with two attached hydrogens (primary N) is 1. The highest BCUT2D eigenvalue weighted by molar-refractivity contribution is 6.21. The summed E-state index contributed by atoms with van der Waals surface area (Å²) in [5.41, 5.74) is 0.486. The van der Waals surface area contributed by atoms with Gasteiger partial charge < -0.3 is 9.84 Å². The van der Waals surface area contributed by atoms with Crippen LogP contribution in [0.3, 0.4) is 0 Å². The lowest BCUT2D eigenvalue weighted by atomic mass is 10.3. The Morgan fingerprint density at radius 3 is 2.47 bits per heavy atom. The Balaban J connectivity index is 2.89. The third-order valence-corrected chi connectivity index (χ3v) is 2.18. The summed E-state index contributed by atoms with van der Waals surface area (Å²) in [5, 5.41) is 8.61. The maximum atomic E-state index is 10.5. The molecule has 1 atom stereocenters. The molecule has 0 aliphatic rings. The number of benzene rings is 1. The molecule has 0 radical (unpaired) electrons. The standard InChI is InChI=1S/C9H11ClN2O3/c1-15-8-4-2-7(3-5-8)12(10,11)6-9(13)14/h2-5H,6,11H2,1H3/p+1. The number of carboxylic acids is 1. The fourth-order valence-electron chi connectivity index (χ4n) is 1.12. The van der Waals surface area contributed by atoms with Crippen LogP contribution in [0, 0.1) is 0 Å². The van der Waals surface area contributed by atoms with Crippen LogP contribution in [0.15, 0.2) is 24.3 Å². The Morgan fingerprint density at radius 2 is 2.07 bits per heavy atom. The number of methoxy groups -OCH3 is 1. The quantitative estimate of drug-likeness (QED) is 0.463. The number of hydrogen-bond acceptors (Lipinski definition) is 3. The second-order valence-corrected chi connectivity index (χ2v) is 3.62. The Hall–Kier alpha value is -1.30. The van der Waals surface area contributed by atoms with Crippen molar-refractivity contribution in [3.63, 3.8) is 0 Å². The highest BCUT2D eigenvalue weighted by atomic mass is 35.5. The van der Waals surface area contributed by atoms with Gasteiger partial charge in [0, 0.05) is 12.1 Å². The summed E-state index contributed by atoms with van der Waals surface area (Å²) in [6.07, 6.45) is 0. The molecule has 1 aromatic rings. The van der Waals surface area contributed by atoms with Crippen LogP contribution in [-0.2, 0) is 4.79 Å². The Kier molecular flexibility index (Phi) is 3.52. The molecule has 82 valence electrons. The van der Waals surface area contributed by atoms with Crippen molar-refractivity contribution in [1.82, 2.24) is 4.11 Å². The zero-order valence-electron chi connectivity index (χ0n) is 8.18. The highest BCUT2D eigenvalue weighted by Gasteiger charge is 2.28. The van der Waals surface area contributed by atoms with E-state index in [9.17, 15) is 4.79 Å². The SMILES string of the molecule is COc1ccc([N+](N)(Cl)CC(=O)O)cc1. The molecule has 0 fully saturated rings. The highest BCUT2D eigenvalue weighted by Crippen LogP contribution is 2.24. The Morgan fingerprint density at radius 1 is 1.53 bits per heavy atom. The van der Waals surface area contributed by atoms with Crippen LogP contribution in [0.5, 0.6) is 5.75 Å². The molecule has 5 nitrogen and oxygen atoms in total. The molecule has 0 aliphatic heterocycles. The molecule has 0 aliphatic carbocycles. The van der Waals surface area contributed by atoms with E-state index >= 15 is 0 Å². The third kappa shape index (κ3) is 3.09. The number of rotatable bonds is 4. The van der Waals surface area contributed by atoms with Gasteiger partial charge in [0.25, 0.3) is 0 Å². The van der Waals surface area contributed by atoms with Crippen LogP contribution in [0.1, 0.15) is 0 Å². The predicted molar refractivity (Wildman–Crippen MR) is 57.3 cm³/mol. The minimum Gasteiger partial charge on any atom is -0.497 e. The van der Waals surface area contributed by atoms with Crippen molar-refractivity contribution in [2.45, 2.75) is 0 Å². The van der Waals surface area contributed by atoms with Crippen molar-refractivity contribution >= 4 is 23.4 Å². The predicted octanol–water partition coefficient (Wildman–Crippen LogP) is 1.11. The van der Waals surface area contributed by atoms with Crippen LogP contribution in [0.25, 0.3) is 0 Å². The fraction of sp³-hybridized carbons (Fsp3) is 0.222. The van der Waals surface area contributed by atoms with E-state index in [-0.39, 0.29) is 0 Å². The number of aliphatic carboxylic acids is 1. The molecule has 0 bridgehead atoms. The summed E-state index contributed by atoms with van der Waals surface area (Å²) >= 11 is 5.85. The van der Waals surface area contributed by atoms with Gasteiger partial charge in [0.15, 0.2) is 17.5 Å². The van der Waals surface area contributed by atoms with E-state index in [0.717, 1.165) is 0 Å². The number of nitrogens with zero attached hydrogens (tertiary/aromatic N) is 1. The number of quaternary nitrogens is 1. The minimum atomic E-state index is -1.07. The van der Waals surface area contributed by atoms with Crippen LogP contribution < -0.4 is 14.7 Å². The van der Waals surface area contributed by atoms with E-state index in [2.05, 4.69) is 0 Å². The molecule has 1 aromatic carbocycles. The van der Waals surface area contributed by atoms with Gasteiger partial charge in [0.2, 0.25) is 6.54 Å². The molecule has 3 N–H and O–H groups in total. The molecular weight excluding hydrogens is 220 g/mol. The summed E-state index contributed by atoms with van der Waals surface area (Å²) in [4.78, 5) is 10.5. The topological polar surface area (TPSA) is 72.5 Å². The van der Waals surface area contributed by atoms with E-state index in [0.29, 0.717) is 11.4 Å². The van der Waals surface area contributed by atoms with Crippen LogP contribution in [0.4, 0.5) is 5.69 Å². The molecule has 0 heterocycles. The second kappa shape index (κ2) is 4.48. The van der Waals surface area contributed by atoms with Crippen molar-refractivity contribution in [1.29, 1.82) is 0 Å². The van der Waals surface area contributed by atoms with Gasteiger partial charge in [-0.05, 0) is 12.1 Å². The van der Waals surface area contributed by atoms with Crippen molar-refractivity contribution in [2.75, 3.05) is 13.7 Å². The maximum Gasteiger partial charge on any atom is 0.363 e. The van der Waals surface area contributed by atoms with E-state index in [4.69, 9.17) is 27.5 Å². The first-order chi connectivity index (χ1) is 6.95. The number of halogens is 1. The zero-order chi connectivity index (χ0) is 11.5. The van der Waals surface area contributed by atoms with Crippen molar-refractivity contribution < 1.29 is 14.6 Å². The lowest BCUT2D eigenvalue weighted by Crippen LogP contribution is -2.50. The van der Waals surface area contributed by atoms with Gasteiger partial charge in [-0.25, -0.2) is 4.79 Å². The summed E-state index contributed by atoms with van der Waals surface area (Å²) in [6, 6.07) is 6.57.